The summed E-state index contributed by atoms with van der Waals surface area (Å²) in [5.41, 5.74) is 6.53. The van der Waals surface area contributed by atoms with Gasteiger partial charge in [-0.1, -0.05) is 22.0 Å². The van der Waals surface area contributed by atoms with Crippen LogP contribution in [-0.4, -0.2) is 37.5 Å². The van der Waals surface area contributed by atoms with Crippen LogP contribution in [0, 0.1) is 0 Å². The second-order valence-electron chi connectivity index (χ2n) is 6.04. The van der Waals surface area contributed by atoms with Gasteiger partial charge in [0.2, 0.25) is 11.8 Å². The smallest absolute Gasteiger partial charge is 0.251 e. The van der Waals surface area contributed by atoms with E-state index in [1.807, 2.05) is 0 Å². The van der Waals surface area contributed by atoms with Crippen LogP contribution in [0.3, 0.4) is 0 Å². The summed E-state index contributed by atoms with van der Waals surface area (Å²) in [6, 6.07) is 9.94. The number of anilines is 1. The van der Waals surface area contributed by atoms with Gasteiger partial charge in [0.25, 0.3) is 5.91 Å². The van der Waals surface area contributed by atoms with Crippen molar-refractivity contribution in [3.05, 3.63) is 52.0 Å². The summed E-state index contributed by atoms with van der Waals surface area (Å²) in [4.78, 5) is 35.2. The summed E-state index contributed by atoms with van der Waals surface area (Å²) in [6.45, 7) is 0.696. The number of carbonyl (C=O) groups excluding carboxylic acids is 3. The summed E-state index contributed by atoms with van der Waals surface area (Å²) in [6.07, 6.45) is 0.106. The average molecular weight is 448 g/mol. The Hall–Kier alpha value is -3.07. The molecule has 1 aliphatic heterocycles. The third kappa shape index (κ3) is 5.01. The minimum atomic E-state index is -0.636. The van der Waals surface area contributed by atoms with Crippen molar-refractivity contribution in [3.63, 3.8) is 0 Å². The highest BCUT2D eigenvalue weighted by Gasteiger charge is 2.17. The molecule has 0 unspecified atom stereocenters. The highest BCUT2D eigenvalue weighted by atomic mass is 79.9. The minimum absolute atomic E-state index is 0.106. The van der Waals surface area contributed by atoms with Crippen molar-refractivity contribution in [2.24, 2.45) is 5.73 Å². The van der Waals surface area contributed by atoms with Crippen molar-refractivity contribution in [2.45, 2.75) is 6.42 Å². The van der Waals surface area contributed by atoms with Gasteiger partial charge in [0.1, 0.15) is 13.2 Å². The fourth-order valence-electron chi connectivity index (χ4n) is 2.63. The van der Waals surface area contributed by atoms with Crippen LogP contribution in [0.1, 0.15) is 15.9 Å². The van der Waals surface area contributed by atoms with Gasteiger partial charge >= 0.3 is 0 Å². The summed E-state index contributed by atoms with van der Waals surface area (Å²) < 4.78 is 11.8. The van der Waals surface area contributed by atoms with Crippen molar-refractivity contribution in [1.29, 1.82) is 0 Å². The van der Waals surface area contributed by atoms with E-state index < -0.39 is 11.8 Å². The molecular weight excluding hydrogens is 430 g/mol. The highest BCUT2D eigenvalue weighted by Crippen LogP contribution is 2.35. The van der Waals surface area contributed by atoms with Gasteiger partial charge in [0, 0.05) is 15.7 Å². The van der Waals surface area contributed by atoms with E-state index in [2.05, 4.69) is 26.6 Å². The van der Waals surface area contributed by atoms with Crippen molar-refractivity contribution in [3.8, 4) is 11.5 Å². The zero-order valence-corrected chi connectivity index (χ0v) is 16.4. The quantitative estimate of drug-likeness (QED) is 0.621. The van der Waals surface area contributed by atoms with Gasteiger partial charge in [-0.05, 0) is 35.9 Å². The van der Waals surface area contributed by atoms with E-state index in [0.717, 1.165) is 10.0 Å². The molecular formula is C19H18BrN3O5. The number of ether oxygens (including phenoxy) is 2. The van der Waals surface area contributed by atoms with Crippen molar-refractivity contribution in [1.82, 2.24) is 5.32 Å². The molecule has 3 rings (SSSR count). The van der Waals surface area contributed by atoms with Gasteiger partial charge in [-0.15, -0.1) is 0 Å². The number of hydrogen-bond acceptors (Lipinski definition) is 5. The molecule has 4 N–H and O–H groups in total. The largest absolute Gasteiger partial charge is 0.486 e. The molecule has 0 fully saturated rings. The van der Waals surface area contributed by atoms with Crippen molar-refractivity contribution in [2.75, 3.05) is 25.1 Å². The first kappa shape index (κ1) is 19.7. The maximum Gasteiger partial charge on any atom is 0.251 e. The summed E-state index contributed by atoms with van der Waals surface area (Å²) in [5.74, 6) is -0.110. The molecule has 0 aromatic heterocycles. The molecule has 0 aliphatic carbocycles. The molecule has 9 heteroatoms. The number of benzene rings is 2. The average Bonchev–Trinajstić information content (AvgIpc) is 2.66. The molecule has 0 atom stereocenters. The number of amides is 3. The molecule has 0 spiro atoms. The normalized spacial score (nSPS) is 12.2. The Balaban J connectivity index is 1.66. The van der Waals surface area contributed by atoms with E-state index in [1.165, 1.54) is 6.07 Å². The summed E-state index contributed by atoms with van der Waals surface area (Å²) in [5, 5.41) is 5.15. The highest BCUT2D eigenvalue weighted by molar-refractivity contribution is 9.10. The number of hydrogen-bond donors (Lipinski definition) is 3. The number of rotatable bonds is 6. The topological polar surface area (TPSA) is 120 Å². The van der Waals surface area contributed by atoms with E-state index in [-0.39, 0.29) is 18.9 Å². The maximum atomic E-state index is 12.4. The molecule has 3 amide bonds. The Morgan fingerprint density at radius 2 is 1.79 bits per heavy atom. The zero-order chi connectivity index (χ0) is 20.1. The number of nitrogens with two attached hydrogens (primary N) is 1. The second-order valence-corrected chi connectivity index (χ2v) is 6.90. The van der Waals surface area contributed by atoms with Gasteiger partial charge in [0.15, 0.2) is 11.5 Å². The molecule has 1 heterocycles. The van der Waals surface area contributed by atoms with Crippen LogP contribution >= 0.6 is 15.9 Å². The molecule has 1 aliphatic rings. The van der Waals surface area contributed by atoms with E-state index >= 15 is 0 Å². The van der Waals surface area contributed by atoms with E-state index in [4.69, 9.17) is 15.2 Å². The molecule has 0 bridgehead atoms. The Morgan fingerprint density at radius 3 is 2.50 bits per heavy atom. The lowest BCUT2D eigenvalue weighted by molar-refractivity contribution is -0.117. The number of halogens is 1. The van der Waals surface area contributed by atoms with Gasteiger partial charge in [0.05, 0.1) is 13.0 Å². The lowest BCUT2D eigenvalue weighted by Gasteiger charge is -2.19. The van der Waals surface area contributed by atoms with Crippen LogP contribution in [-0.2, 0) is 16.0 Å². The molecule has 146 valence electrons. The van der Waals surface area contributed by atoms with Gasteiger partial charge in [-0.3, -0.25) is 14.4 Å². The standard InChI is InChI=1S/C19H18BrN3O5/c20-14-9-16-15(27-4-5-28-16)7-12(14)8-18(25)23-13-3-1-2-11(6-13)19(26)22-10-17(21)24/h1-3,6-7,9H,4-5,8,10H2,(H2,21,24)(H,22,26)(H,23,25). The summed E-state index contributed by atoms with van der Waals surface area (Å²) in [7, 11) is 0. The van der Waals surface area contributed by atoms with Crippen LogP contribution in [0.4, 0.5) is 5.69 Å². The van der Waals surface area contributed by atoms with Gasteiger partial charge in [-0.25, -0.2) is 0 Å². The Morgan fingerprint density at radius 1 is 1.07 bits per heavy atom. The Bertz CT molecular complexity index is 932. The fraction of sp³-hybridized carbons (Fsp3) is 0.211. The molecule has 0 saturated heterocycles. The van der Waals surface area contributed by atoms with Crippen LogP contribution in [0.2, 0.25) is 0 Å². The van der Waals surface area contributed by atoms with Gasteiger partial charge < -0.3 is 25.8 Å². The molecule has 28 heavy (non-hydrogen) atoms. The van der Waals surface area contributed by atoms with Crippen molar-refractivity contribution < 1.29 is 23.9 Å². The van der Waals surface area contributed by atoms with Gasteiger partial charge in [-0.2, -0.15) is 0 Å². The Labute approximate surface area is 169 Å². The van der Waals surface area contributed by atoms with Crippen molar-refractivity contribution >= 4 is 39.3 Å². The predicted molar refractivity (Wildman–Crippen MR) is 105 cm³/mol. The lowest BCUT2D eigenvalue weighted by atomic mass is 10.1. The summed E-state index contributed by atoms with van der Waals surface area (Å²) >= 11 is 3.44. The molecule has 2 aromatic rings. The van der Waals surface area contributed by atoms with Crippen LogP contribution < -0.4 is 25.8 Å². The van der Waals surface area contributed by atoms with Crippen LogP contribution in [0.15, 0.2) is 40.9 Å². The first-order chi connectivity index (χ1) is 13.4. The number of fused-ring (bicyclic) bond motifs is 1. The maximum absolute atomic E-state index is 12.4. The second kappa shape index (κ2) is 8.75. The van der Waals surface area contributed by atoms with E-state index in [0.29, 0.717) is 36.0 Å². The monoisotopic (exact) mass is 447 g/mol. The third-order valence-corrected chi connectivity index (χ3v) is 4.63. The molecule has 8 nitrogen and oxygen atoms in total. The SMILES string of the molecule is NC(=O)CNC(=O)c1cccc(NC(=O)Cc2cc3c(cc2Br)OCCO3)c1. The van der Waals surface area contributed by atoms with Crippen LogP contribution in [0.5, 0.6) is 11.5 Å². The first-order valence-electron chi connectivity index (χ1n) is 8.47. The number of carbonyl (C=O) groups is 3. The van der Waals surface area contributed by atoms with E-state index in [9.17, 15) is 14.4 Å². The Kier molecular flexibility index (Phi) is 6.15. The number of primary amides is 1. The first-order valence-corrected chi connectivity index (χ1v) is 9.26. The molecule has 2 aromatic carbocycles. The van der Waals surface area contributed by atoms with Crippen LogP contribution in [0.25, 0.3) is 0 Å². The molecule has 0 radical (unpaired) electrons. The third-order valence-electron chi connectivity index (χ3n) is 3.89. The lowest BCUT2D eigenvalue weighted by Crippen LogP contribution is -2.33. The minimum Gasteiger partial charge on any atom is -0.486 e. The molecule has 0 saturated carbocycles. The fourth-order valence-corrected chi connectivity index (χ4v) is 3.09. The zero-order valence-electron chi connectivity index (χ0n) is 14.8. The number of nitrogens with one attached hydrogen (secondary N) is 2. The predicted octanol–water partition coefficient (Wildman–Crippen LogP) is 1.62. The van der Waals surface area contributed by atoms with E-state index in [1.54, 1.807) is 30.3 Å².